The fourth-order valence-electron chi connectivity index (χ4n) is 3.71. The van der Waals surface area contributed by atoms with Gasteiger partial charge in [-0.25, -0.2) is 9.48 Å². The number of carbonyl (C=O) groups is 1. The maximum absolute atomic E-state index is 13.3. The zero-order valence-electron chi connectivity index (χ0n) is 15.8. The third kappa shape index (κ3) is 2.61. The van der Waals surface area contributed by atoms with Gasteiger partial charge in [-0.05, 0) is 25.1 Å². The van der Waals surface area contributed by atoms with E-state index in [1.165, 1.54) is 36.4 Å². The molecule has 30 heavy (non-hydrogen) atoms. The molecule has 0 aliphatic carbocycles. The summed E-state index contributed by atoms with van der Waals surface area (Å²) in [7, 11) is 0. The highest BCUT2D eigenvalue weighted by Crippen LogP contribution is 2.37. The first-order chi connectivity index (χ1) is 14.4. The van der Waals surface area contributed by atoms with E-state index in [0.29, 0.717) is 0 Å². The second kappa shape index (κ2) is 6.99. The number of nitrogens with zero attached hydrogens (tertiary/aromatic N) is 3. The van der Waals surface area contributed by atoms with Crippen molar-refractivity contribution in [3.05, 3.63) is 90.5 Å². The molecule has 10 nitrogen and oxygen atoms in total. The average Bonchev–Trinajstić information content (AvgIpc) is 3.05. The third-order valence-electron chi connectivity index (χ3n) is 4.95. The Morgan fingerprint density at radius 1 is 1.10 bits per heavy atom. The van der Waals surface area contributed by atoms with Gasteiger partial charge in [0.2, 0.25) is 0 Å². The molecule has 1 unspecified atom stereocenters. The van der Waals surface area contributed by atoms with E-state index >= 15 is 0 Å². The number of benzene rings is 2. The van der Waals surface area contributed by atoms with Gasteiger partial charge in [0.15, 0.2) is 0 Å². The number of hydrogen-bond donors (Lipinski definition) is 1. The van der Waals surface area contributed by atoms with Crippen molar-refractivity contribution < 1.29 is 14.5 Å². The van der Waals surface area contributed by atoms with Gasteiger partial charge < -0.3 is 10.5 Å². The summed E-state index contributed by atoms with van der Waals surface area (Å²) in [6.45, 7) is 1.60. The van der Waals surface area contributed by atoms with Crippen molar-refractivity contribution in [3.8, 4) is 0 Å². The van der Waals surface area contributed by atoms with Crippen LogP contribution in [0.25, 0.3) is 16.6 Å². The molecule has 0 radical (unpaired) electrons. The number of ether oxygens (including phenoxy) is 1. The Labute approximate surface area is 168 Å². The lowest BCUT2D eigenvalue weighted by atomic mass is 9.97. The topological polar surface area (TPSA) is 139 Å². The molecule has 0 saturated heterocycles. The number of para-hydroxylation sites is 1. The molecule has 1 aromatic heterocycles. The average molecular weight is 408 g/mol. The van der Waals surface area contributed by atoms with Gasteiger partial charge in [-0.2, -0.15) is 4.68 Å². The minimum absolute atomic E-state index is 0.0152. The van der Waals surface area contributed by atoms with Gasteiger partial charge in [-0.3, -0.25) is 19.7 Å². The zero-order valence-corrected chi connectivity index (χ0v) is 15.8. The van der Waals surface area contributed by atoms with Gasteiger partial charge >= 0.3 is 5.97 Å². The number of nitrogens with two attached hydrogens (primary N) is 1. The van der Waals surface area contributed by atoms with Crippen molar-refractivity contribution >= 4 is 28.3 Å². The van der Waals surface area contributed by atoms with Crippen molar-refractivity contribution in [3.63, 3.8) is 0 Å². The van der Waals surface area contributed by atoms with E-state index in [4.69, 9.17) is 10.5 Å². The van der Waals surface area contributed by atoms with Crippen LogP contribution in [0.3, 0.4) is 0 Å². The van der Waals surface area contributed by atoms with Gasteiger partial charge in [-0.15, -0.1) is 0 Å². The Hall–Kier alpha value is -4.21. The fraction of sp³-hybridized carbons (Fsp3) is 0.150. The Morgan fingerprint density at radius 3 is 2.33 bits per heavy atom. The summed E-state index contributed by atoms with van der Waals surface area (Å²) in [6, 6.07) is 10.5. The zero-order chi connectivity index (χ0) is 21.6. The molecule has 2 aromatic carbocycles. The monoisotopic (exact) mass is 408 g/mol. The van der Waals surface area contributed by atoms with Crippen LogP contribution in [0.15, 0.2) is 63.7 Å². The number of esters is 1. The third-order valence-corrected chi connectivity index (χ3v) is 4.95. The van der Waals surface area contributed by atoms with Gasteiger partial charge in [-0.1, -0.05) is 24.3 Å². The Morgan fingerprint density at radius 2 is 1.70 bits per heavy atom. The number of carbonyl (C=O) groups excluding carboxylic acids is 1. The number of hydrogen-bond acceptors (Lipinski definition) is 7. The molecule has 1 aliphatic heterocycles. The van der Waals surface area contributed by atoms with E-state index in [2.05, 4.69) is 0 Å². The summed E-state index contributed by atoms with van der Waals surface area (Å²) in [5, 5.41) is 11.9. The van der Waals surface area contributed by atoms with Crippen LogP contribution in [0, 0.1) is 10.1 Å². The van der Waals surface area contributed by atoms with Crippen molar-refractivity contribution in [1.29, 1.82) is 0 Å². The smallest absolute Gasteiger partial charge is 0.340 e. The number of nitro benzene ring substituents is 1. The summed E-state index contributed by atoms with van der Waals surface area (Å²) in [5.41, 5.74) is 4.42. The van der Waals surface area contributed by atoms with Crippen LogP contribution in [0.5, 0.6) is 0 Å². The summed E-state index contributed by atoms with van der Waals surface area (Å²) < 4.78 is 6.95. The standard InChI is InChI=1S/C20H16N4O6/c1-2-30-20(27)15-16(13-9-5-6-10-14(13)24(28)29)22-18(25)11-7-3-4-8-12(11)19(26)23(22)17(15)21/h3-10,16H,2,21H2,1H3. The van der Waals surface area contributed by atoms with Gasteiger partial charge in [0.1, 0.15) is 17.4 Å². The summed E-state index contributed by atoms with van der Waals surface area (Å²) in [4.78, 5) is 50.2. The largest absolute Gasteiger partial charge is 0.462 e. The number of aromatic nitrogens is 2. The lowest BCUT2D eigenvalue weighted by Crippen LogP contribution is -2.38. The predicted octanol–water partition coefficient (Wildman–Crippen LogP) is 1.36. The second-order valence-electron chi connectivity index (χ2n) is 6.55. The molecular weight excluding hydrogens is 392 g/mol. The van der Waals surface area contributed by atoms with Gasteiger partial charge in [0.25, 0.3) is 16.8 Å². The fourth-order valence-corrected chi connectivity index (χ4v) is 3.71. The van der Waals surface area contributed by atoms with E-state index < -0.39 is 28.1 Å². The SMILES string of the molecule is CCOC(=O)C1=C(N)n2c(=O)c3ccccc3c(=O)n2C1c1ccccc1[N+](=O)[O-]. The lowest BCUT2D eigenvalue weighted by molar-refractivity contribution is -0.385. The molecule has 0 amide bonds. The maximum Gasteiger partial charge on any atom is 0.340 e. The van der Waals surface area contributed by atoms with E-state index in [-0.39, 0.29) is 40.0 Å². The highest BCUT2D eigenvalue weighted by Gasteiger charge is 2.41. The first-order valence-electron chi connectivity index (χ1n) is 9.05. The van der Waals surface area contributed by atoms with Crippen LogP contribution < -0.4 is 16.9 Å². The van der Waals surface area contributed by atoms with Gasteiger partial charge in [0, 0.05) is 6.07 Å². The first kappa shape index (κ1) is 19.1. The highest BCUT2D eigenvalue weighted by molar-refractivity contribution is 5.97. The van der Waals surface area contributed by atoms with Crippen LogP contribution in [0.1, 0.15) is 18.5 Å². The van der Waals surface area contributed by atoms with Gasteiger partial charge in [0.05, 0.1) is 27.9 Å². The molecular formula is C20H16N4O6. The molecule has 2 N–H and O–H groups in total. The maximum atomic E-state index is 13.3. The van der Waals surface area contributed by atoms with Crippen LogP contribution in [0.4, 0.5) is 5.69 Å². The van der Waals surface area contributed by atoms with Crippen molar-refractivity contribution in [2.75, 3.05) is 6.61 Å². The van der Waals surface area contributed by atoms with Crippen LogP contribution in [-0.4, -0.2) is 26.9 Å². The Bertz CT molecular complexity index is 1370. The normalized spacial score (nSPS) is 15.3. The molecule has 0 bridgehead atoms. The molecule has 0 fully saturated rings. The quantitative estimate of drug-likeness (QED) is 0.390. The molecule has 0 spiro atoms. The minimum atomic E-state index is -1.30. The second-order valence-corrected chi connectivity index (χ2v) is 6.55. The van der Waals surface area contributed by atoms with E-state index in [1.807, 2.05) is 0 Å². The lowest BCUT2D eigenvalue weighted by Gasteiger charge is -2.18. The summed E-state index contributed by atoms with van der Waals surface area (Å²) in [6.07, 6.45) is 0. The number of rotatable bonds is 4. The summed E-state index contributed by atoms with van der Waals surface area (Å²) >= 11 is 0. The van der Waals surface area contributed by atoms with E-state index in [9.17, 15) is 24.5 Å². The van der Waals surface area contributed by atoms with E-state index in [0.717, 1.165) is 9.36 Å². The Balaban J connectivity index is 2.15. The number of nitro groups is 1. The molecule has 2 heterocycles. The van der Waals surface area contributed by atoms with Crippen molar-refractivity contribution in [2.24, 2.45) is 5.73 Å². The molecule has 4 rings (SSSR count). The van der Waals surface area contributed by atoms with Crippen molar-refractivity contribution in [2.45, 2.75) is 13.0 Å². The Kier molecular flexibility index (Phi) is 4.46. The molecule has 0 saturated carbocycles. The van der Waals surface area contributed by atoms with Crippen LogP contribution in [-0.2, 0) is 9.53 Å². The molecule has 1 aliphatic rings. The predicted molar refractivity (Wildman–Crippen MR) is 108 cm³/mol. The molecule has 152 valence electrons. The highest BCUT2D eigenvalue weighted by atomic mass is 16.6. The van der Waals surface area contributed by atoms with Crippen LogP contribution >= 0.6 is 0 Å². The minimum Gasteiger partial charge on any atom is -0.462 e. The number of fused-ring (bicyclic) bond motifs is 2. The van der Waals surface area contributed by atoms with E-state index in [1.54, 1.807) is 19.1 Å². The molecule has 10 heteroatoms. The molecule has 1 atom stereocenters. The first-order valence-corrected chi connectivity index (χ1v) is 9.05. The van der Waals surface area contributed by atoms with Crippen LogP contribution in [0.2, 0.25) is 0 Å². The summed E-state index contributed by atoms with van der Waals surface area (Å²) in [5.74, 6) is -1.17. The molecule has 3 aromatic rings. The van der Waals surface area contributed by atoms with Crippen molar-refractivity contribution in [1.82, 2.24) is 9.36 Å².